The highest BCUT2D eigenvalue weighted by molar-refractivity contribution is 9.09. The third-order valence-electron chi connectivity index (χ3n) is 2.63. The summed E-state index contributed by atoms with van der Waals surface area (Å²) in [5, 5.41) is 13.7. The molecular weight excluding hydrogens is 348 g/mol. The van der Waals surface area contributed by atoms with Gasteiger partial charge in [0.1, 0.15) is 5.56 Å². The maximum atomic E-state index is 12.1. The monoisotopic (exact) mass is 362 g/mol. The number of nitro benzene ring substituents is 1. The summed E-state index contributed by atoms with van der Waals surface area (Å²) in [6.45, 7) is 4.55. The first kappa shape index (κ1) is 16.9. The van der Waals surface area contributed by atoms with Crippen molar-refractivity contribution in [1.29, 1.82) is 0 Å². The summed E-state index contributed by atoms with van der Waals surface area (Å²) in [5.41, 5.74) is -0.381. The van der Waals surface area contributed by atoms with Crippen molar-refractivity contribution in [2.45, 2.75) is 25.1 Å². The number of carbonyl (C=O) groups is 1. The number of hydrogen-bond acceptors (Lipinski definition) is 3. The summed E-state index contributed by atoms with van der Waals surface area (Å²) in [6, 6.07) is 4.17. The van der Waals surface area contributed by atoms with Crippen molar-refractivity contribution in [3.05, 3.63) is 38.9 Å². The van der Waals surface area contributed by atoms with E-state index >= 15 is 0 Å². The SMILES string of the molecule is CC(C)CC(Br)CNC(=O)c1c(Cl)cccc1[N+](=O)[O-]. The van der Waals surface area contributed by atoms with Crippen LogP contribution in [0.25, 0.3) is 0 Å². The van der Waals surface area contributed by atoms with E-state index in [1.165, 1.54) is 18.2 Å². The topological polar surface area (TPSA) is 72.2 Å². The maximum absolute atomic E-state index is 12.1. The van der Waals surface area contributed by atoms with Crippen molar-refractivity contribution in [2.75, 3.05) is 6.54 Å². The summed E-state index contributed by atoms with van der Waals surface area (Å²) in [6.07, 6.45) is 0.894. The largest absolute Gasteiger partial charge is 0.351 e. The third-order valence-corrected chi connectivity index (χ3v) is 3.64. The zero-order valence-electron chi connectivity index (χ0n) is 11.2. The van der Waals surface area contributed by atoms with Crippen LogP contribution in [0.15, 0.2) is 18.2 Å². The minimum Gasteiger partial charge on any atom is -0.351 e. The molecule has 1 amide bonds. The van der Waals surface area contributed by atoms with Crippen LogP contribution in [-0.2, 0) is 0 Å². The molecule has 20 heavy (non-hydrogen) atoms. The van der Waals surface area contributed by atoms with Crippen molar-refractivity contribution in [1.82, 2.24) is 5.32 Å². The molecule has 0 bridgehead atoms. The van der Waals surface area contributed by atoms with Gasteiger partial charge in [-0.1, -0.05) is 47.4 Å². The summed E-state index contributed by atoms with van der Waals surface area (Å²) in [7, 11) is 0. The Morgan fingerprint density at radius 1 is 1.50 bits per heavy atom. The quantitative estimate of drug-likeness (QED) is 0.475. The van der Waals surface area contributed by atoms with Crippen LogP contribution in [0.3, 0.4) is 0 Å². The van der Waals surface area contributed by atoms with E-state index in [0.29, 0.717) is 12.5 Å². The molecule has 1 rings (SSSR count). The van der Waals surface area contributed by atoms with Gasteiger partial charge < -0.3 is 5.32 Å². The average molecular weight is 364 g/mol. The number of hydrogen-bond donors (Lipinski definition) is 1. The van der Waals surface area contributed by atoms with Crippen molar-refractivity contribution >= 4 is 39.1 Å². The lowest BCUT2D eigenvalue weighted by molar-refractivity contribution is -0.385. The minimum absolute atomic E-state index is 0.0756. The van der Waals surface area contributed by atoms with Gasteiger partial charge in [-0.05, 0) is 18.4 Å². The molecule has 7 heteroatoms. The normalized spacial score (nSPS) is 12.2. The maximum Gasteiger partial charge on any atom is 0.283 e. The van der Waals surface area contributed by atoms with Crippen LogP contribution in [0, 0.1) is 16.0 Å². The molecule has 1 atom stereocenters. The zero-order chi connectivity index (χ0) is 15.3. The van der Waals surface area contributed by atoms with Crippen LogP contribution in [0.1, 0.15) is 30.6 Å². The predicted molar refractivity (Wildman–Crippen MR) is 82.6 cm³/mol. The van der Waals surface area contributed by atoms with Gasteiger partial charge >= 0.3 is 0 Å². The Morgan fingerprint density at radius 2 is 2.15 bits per heavy atom. The highest BCUT2D eigenvalue weighted by Gasteiger charge is 2.23. The molecule has 0 heterocycles. The van der Waals surface area contributed by atoms with E-state index in [0.717, 1.165) is 6.42 Å². The number of rotatable bonds is 6. The summed E-state index contributed by atoms with van der Waals surface area (Å²) in [5.74, 6) is -0.0403. The van der Waals surface area contributed by atoms with E-state index < -0.39 is 10.8 Å². The lowest BCUT2D eigenvalue weighted by Gasteiger charge is -2.13. The van der Waals surface area contributed by atoms with Crippen molar-refractivity contribution < 1.29 is 9.72 Å². The number of nitro groups is 1. The Balaban J connectivity index is 2.80. The number of benzene rings is 1. The van der Waals surface area contributed by atoms with Crippen LogP contribution in [0.4, 0.5) is 5.69 Å². The first-order valence-electron chi connectivity index (χ1n) is 6.18. The average Bonchev–Trinajstić information content (AvgIpc) is 2.34. The van der Waals surface area contributed by atoms with Gasteiger partial charge in [-0.3, -0.25) is 14.9 Å². The van der Waals surface area contributed by atoms with E-state index in [2.05, 4.69) is 35.1 Å². The fourth-order valence-corrected chi connectivity index (χ4v) is 2.94. The van der Waals surface area contributed by atoms with Crippen molar-refractivity contribution in [2.24, 2.45) is 5.92 Å². The molecule has 1 N–H and O–H groups in total. The molecule has 0 saturated carbocycles. The van der Waals surface area contributed by atoms with Crippen molar-refractivity contribution in [3.63, 3.8) is 0 Å². The summed E-state index contributed by atoms with van der Waals surface area (Å²) < 4.78 is 0. The fourth-order valence-electron chi connectivity index (χ4n) is 1.78. The number of nitrogens with zero attached hydrogens (tertiary/aromatic N) is 1. The number of alkyl halides is 1. The van der Waals surface area contributed by atoms with Gasteiger partial charge in [0, 0.05) is 17.4 Å². The van der Waals surface area contributed by atoms with Crippen LogP contribution in [0.5, 0.6) is 0 Å². The highest BCUT2D eigenvalue weighted by Crippen LogP contribution is 2.26. The van der Waals surface area contributed by atoms with Gasteiger partial charge in [-0.25, -0.2) is 0 Å². The van der Waals surface area contributed by atoms with Crippen LogP contribution in [-0.4, -0.2) is 22.2 Å². The Kier molecular flexibility index (Phi) is 6.42. The van der Waals surface area contributed by atoms with Gasteiger partial charge in [0.25, 0.3) is 11.6 Å². The standard InChI is InChI=1S/C13H16BrClN2O3/c1-8(2)6-9(14)7-16-13(18)12-10(15)4-3-5-11(12)17(19)20/h3-5,8-9H,6-7H2,1-2H3,(H,16,18). The molecular formula is C13H16BrClN2O3. The number of nitrogens with one attached hydrogen (secondary N) is 1. The van der Waals surface area contributed by atoms with E-state index in [-0.39, 0.29) is 21.1 Å². The van der Waals surface area contributed by atoms with Crippen LogP contribution in [0.2, 0.25) is 5.02 Å². The molecule has 0 aliphatic carbocycles. The zero-order valence-corrected chi connectivity index (χ0v) is 13.6. The highest BCUT2D eigenvalue weighted by atomic mass is 79.9. The van der Waals surface area contributed by atoms with E-state index in [9.17, 15) is 14.9 Å². The Hall–Kier alpha value is -1.14. The summed E-state index contributed by atoms with van der Waals surface area (Å²) >= 11 is 9.35. The lowest BCUT2D eigenvalue weighted by atomic mass is 10.1. The van der Waals surface area contributed by atoms with Gasteiger partial charge in [-0.2, -0.15) is 0 Å². The molecule has 0 fully saturated rings. The molecule has 5 nitrogen and oxygen atoms in total. The van der Waals surface area contributed by atoms with Gasteiger partial charge in [0.2, 0.25) is 0 Å². The fraction of sp³-hybridized carbons (Fsp3) is 0.462. The predicted octanol–water partition coefficient (Wildman–Crippen LogP) is 3.79. The number of halogens is 2. The van der Waals surface area contributed by atoms with Gasteiger partial charge in [0.15, 0.2) is 0 Å². The third kappa shape index (κ3) is 4.76. The molecule has 0 spiro atoms. The van der Waals surface area contributed by atoms with E-state index in [1.807, 2.05) is 0 Å². The second-order valence-electron chi connectivity index (χ2n) is 4.83. The Morgan fingerprint density at radius 3 is 2.70 bits per heavy atom. The molecule has 0 aliphatic heterocycles. The molecule has 110 valence electrons. The molecule has 1 aromatic carbocycles. The van der Waals surface area contributed by atoms with E-state index in [4.69, 9.17) is 11.6 Å². The van der Waals surface area contributed by atoms with Gasteiger partial charge in [-0.15, -0.1) is 0 Å². The Bertz CT molecular complexity index is 508. The molecule has 0 aliphatic rings. The molecule has 1 unspecified atom stereocenters. The molecule has 0 saturated heterocycles. The van der Waals surface area contributed by atoms with Gasteiger partial charge in [0.05, 0.1) is 9.95 Å². The smallest absolute Gasteiger partial charge is 0.283 e. The number of amides is 1. The second-order valence-corrected chi connectivity index (χ2v) is 6.53. The summed E-state index contributed by atoms with van der Waals surface area (Å²) in [4.78, 5) is 22.5. The minimum atomic E-state index is -0.611. The molecule has 1 aromatic rings. The number of carbonyl (C=O) groups excluding carboxylic acids is 1. The second kappa shape index (κ2) is 7.59. The van der Waals surface area contributed by atoms with E-state index in [1.54, 1.807) is 0 Å². The van der Waals surface area contributed by atoms with Crippen LogP contribution >= 0.6 is 27.5 Å². The van der Waals surface area contributed by atoms with Crippen LogP contribution < -0.4 is 5.32 Å². The van der Waals surface area contributed by atoms with Crippen molar-refractivity contribution in [3.8, 4) is 0 Å². The molecule has 0 radical (unpaired) electrons. The lowest BCUT2D eigenvalue weighted by Crippen LogP contribution is -2.30. The first-order chi connectivity index (χ1) is 9.32. The molecule has 0 aromatic heterocycles. The Labute approximate surface area is 131 Å². The first-order valence-corrected chi connectivity index (χ1v) is 7.47.